The van der Waals surface area contributed by atoms with Gasteiger partial charge in [-0.1, -0.05) is 41.4 Å². The van der Waals surface area contributed by atoms with Gasteiger partial charge in [0.2, 0.25) is 5.91 Å². The minimum atomic E-state index is -1.56. The number of ketones is 1. The first-order valence-corrected chi connectivity index (χ1v) is 10.9. The molecular formula is C24H18Cl2N4O2. The number of nitriles is 1. The molecule has 160 valence electrons. The van der Waals surface area contributed by atoms with Gasteiger partial charge in [-0.2, -0.15) is 5.26 Å². The molecule has 1 spiro atoms. The van der Waals surface area contributed by atoms with Crippen LogP contribution in [0.5, 0.6) is 0 Å². The lowest BCUT2D eigenvalue weighted by molar-refractivity contribution is -0.124. The van der Waals surface area contributed by atoms with Crippen LogP contribution < -0.4 is 15.5 Å². The summed E-state index contributed by atoms with van der Waals surface area (Å²) in [5, 5.41) is 11.1. The van der Waals surface area contributed by atoms with Gasteiger partial charge in [-0.25, -0.2) is 0 Å². The number of anilines is 2. The summed E-state index contributed by atoms with van der Waals surface area (Å²) in [6.45, 7) is 0. The number of likely N-dealkylation sites (N-methyl/N-ethyl adjacent to an activating group) is 1. The normalized spacial score (nSPS) is 22.4. The zero-order chi connectivity index (χ0) is 22.8. The molecule has 32 heavy (non-hydrogen) atoms. The van der Waals surface area contributed by atoms with Gasteiger partial charge in [0, 0.05) is 46.0 Å². The molecule has 2 heterocycles. The third-order valence-corrected chi connectivity index (χ3v) is 6.85. The predicted octanol–water partition coefficient (Wildman–Crippen LogP) is 4.43. The molecule has 6 nitrogen and oxygen atoms in total. The number of allylic oxidation sites excluding steroid dienone is 1. The molecule has 0 bridgehead atoms. The summed E-state index contributed by atoms with van der Waals surface area (Å²) in [6, 6.07) is 14.3. The Morgan fingerprint density at radius 1 is 1.09 bits per heavy atom. The van der Waals surface area contributed by atoms with Crippen LogP contribution in [-0.4, -0.2) is 18.7 Å². The van der Waals surface area contributed by atoms with Crippen molar-refractivity contribution < 1.29 is 9.59 Å². The number of hydrogen-bond acceptors (Lipinski definition) is 5. The van der Waals surface area contributed by atoms with Crippen LogP contribution in [-0.2, 0) is 15.0 Å². The Morgan fingerprint density at radius 2 is 1.78 bits per heavy atom. The monoisotopic (exact) mass is 464 g/mol. The van der Waals surface area contributed by atoms with E-state index in [2.05, 4.69) is 6.07 Å². The number of rotatable bonds is 1. The van der Waals surface area contributed by atoms with Crippen LogP contribution in [0.25, 0.3) is 0 Å². The van der Waals surface area contributed by atoms with Gasteiger partial charge >= 0.3 is 0 Å². The van der Waals surface area contributed by atoms with Crippen molar-refractivity contribution in [1.29, 1.82) is 5.26 Å². The van der Waals surface area contributed by atoms with Gasteiger partial charge in [0.25, 0.3) is 0 Å². The minimum Gasteiger partial charge on any atom is -0.384 e. The van der Waals surface area contributed by atoms with Crippen molar-refractivity contribution >= 4 is 46.3 Å². The Balaban J connectivity index is 1.90. The molecule has 1 amide bonds. The van der Waals surface area contributed by atoms with Crippen molar-refractivity contribution in [3.05, 3.63) is 80.7 Å². The summed E-state index contributed by atoms with van der Waals surface area (Å²) in [7, 11) is 1.65. The number of fused-ring (bicyclic) bond motifs is 3. The highest BCUT2D eigenvalue weighted by atomic mass is 35.5. The smallest absolute Gasteiger partial charge is 0.247 e. The van der Waals surface area contributed by atoms with Crippen molar-refractivity contribution in [3.8, 4) is 6.07 Å². The standard InChI is InChI=1S/C24H18Cl2N4O2/c1-29-18-6-3-2-5-16(18)24(23(29)32)17(12-27)22(28)30(15-10-13(25)9-14(26)11-15)19-7-4-8-20(31)21(19)24/h2-3,5-6,9-11H,4,7-8,28H2,1H3/t24-/m0/s1. The molecule has 0 radical (unpaired) electrons. The first-order chi connectivity index (χ1) is 15.3. The maximum Gasteiger partial charge on any atom is 0.247 e. The van der Waals surface area contributed by atoms with Crippen LogP contribution in [0.2, 0.25) is 10.0 Å². The summed E-state index contributed by atoms with van der Waals surface area (Å²) in [6.07, 6.45) is 1.42. The van der Waals surface area contributed by atoms with Crippen LogP contribution >= 0.6 is 23.2 Å². The maximum absolute atomic E-state index is 13.8. The summed E-state index contributed by atoms with van der Waals surface area (Å²) < 4.78 is 0. The van der Waals surface area contributed by atoms with Gasteiger partial charge in [-0.3, -0.25) is 14.5 Å². The molecule has 3 aliphatic rings. The van der Waals surface area contributed by atoms with Gasteiger partial charge in [0.15, 0.2) is 5.78 Å². The fourth-order valence-corrected chi connectivity index (χ4v) is 5.71. The number of Topliss-reactive ketones (excluding diaryl/α,β-unsaturated/α-hetero) is 1. The molecule has 2 aromatic carbocycles. The Bertz CT molecular complexity index is 1300. The molecule has 1 atom stereocenters. The molecule has 1 aliphatic carbocycles. The molecule has 5 rings (SSSR count). The lowest BCUT2D eigenvalue weighted by Gasteiger charge is -2.43. The molecule has 2 N–H and O–H groups in total. The van der Waals surface area contributed by atoms with E-state index in [4.69, 9.17) is 28.9 Å². The Hall–Kier alpha value is -3.27. The molecule has 2 aliphatic heterocycles. The van der Waals surface area contributed by atoms with E-state index in [0.717, 1.165) is 0 Å². The largest absolute Gasteiger partial charge is 0.384 e. The third kappa shape index (κ3) is 2.52. The highest BCUT2D eigenvalue weighted by molar-refractivity contribution is 6.35. The summed E-state index contributed by atoms with van der Waals surface area (Å²) >= 11 is 12.5. The fourth-order valence-electron chi connectivity index (χ4n) is 5.20. The Kier molecular flexibility index (Phi) is 4.59. The number of benzene rings is 2. The van der Waals surface area contributed by atoms with E-state index in [0.29, 0.717) is 57.5 Å². The number of carbonyl (C=O) groups is 2. The average Bonchev–Trinajstić information content (AvgIpc) is 2.96. The van der Waals surface area contributed by atoms with Gasteiger partial charge < -0.3 is 10.6 Å². The van der Waals surface area contributed by atoms with E-state index >= 15 is 0 Å². The quantitative estimate of drug-likeness (QED) is 0.673. The second-order valence-electron chi connectivity index (χ2n) is 8.06. The summed E-state index contributed by atoms with van der Waals surface area (Å²) in [5.74, 6) is -0.425. The minimum absolute atomic E-state index is 0.0318. The number of para-hydroxylation sites is 1. The van der Waals surface area contributed by atoms with Crippen LogP contribution in [0, 0.1) is 11.3 Å². The number of amides is 1. The van der Waals surface area contributed by atoms with Gasteiger partial charge in [0.1, 0.15) is 17.3 Å². The maximum atomic E-state index is 13.8. The van der Waals surface area contributed by atoms with Gasteiger partial charge in [-0.15, -0.1) is 0 Å². The van der Waals surface area contributed by atoms with Crippen molar-refractivity contribution in [1.82, 2.24) is 0 Å². The third-order valence-electron chi connectivity index (χ3n) is 6.41. The van der Waals surface area contributed by atoms with Gasteiger partial charge in [0.05, 0.1) is 11.3 Å². The molecular weight excluding hydrogens is 447 g/mol. The van der Waals surface area contributed by atoms with Crippen LogP contribution in [0.3, 0.4) is 0 Å². The van der Waals surface area contributed by atoms with Crippen molar-refractivity contribution in [2.75, 3.05) is 16.8 Å². The van der Waals surface area contributed by atoms with Crippen LogP contribution in [0.4, 0.5) is 11.4 Å². The Morgan fingerprint density at radius 3 is 2.47 bits per heavy atom. The average molecular weight is 465 g/mol. The zero-order valence-corrected chi connectivity index (χ0v) is 18.7. The second kappa shape index (κ2) is 7.13. The van der Waals surface area contributed by atoms with Crippen molar-refractivity contribution in [2.45, 2.75) is 24.7 Å². The first-order valence-electron chi connectivity index (χ1n) is 10.1. The van der Waals surface area contributed by atoms with Crippen molar-refractivity contribution in [3.63, 3.8) is 0 Å². The van der Waals surface area contributed by atoms with Crippen LogP contribution in [0.1, 0.15) is 24.8 Å². The molecule has 0 aromatic heterocycles. The first kappa shape index (κ1) is 20.6. The van der Waals surface area contributed by atoms with E-state index < -0.39 is 5.41 Å². The number of nitrogens with two attached hydrogens (primary N) is 1. The highest BCUT2D eigenvalue weighted by Gasteiger charge is 2.61. The molecule has 0 saturated heterocycles. The van der Waals surface area contributed by atoms with Crippen LogP contribution in [0.15, 0.2) is 65.1 Å². The number of hydrogen-bond donors (Lipinski definition) is 1. The number of nitrogens with zero attached hydrogens (tertiary/aromatic N) is 3. The topological polar surface area (TPSA) is 90.4 Å². The molecule has 8 heteroatoms. The van der Waals surface area contributed by atoms with E-state index in [1.165, 1.54) is 4.90 Å². The summed E-state index contributed by atoms with van der Waals surface area (Å²) in [5.41, 5.74) is 7.80. The van der Waals surface area contributed by atoms with E-state index in [9.17, 15) is 14.9 Å². The highest BCUT2D eigenvalue weighted by Crippen LogP contribution is 2.56. The van der Waals surface area contributed by atoms with Crippen molar-refractivity contribution in [2.24, 2.45) is 5.73 Å². The second-order valence-corrected chi connectivity index (χ2v) is 8.94. The zero-order valence-electron chi connectivity index (χ0n) is 17.2. The van der Waals surface area contributed by atoms with E-state index in [1.807, 2.05) is 12.1 Å². The number of halogens is 2. The van der Waals surface area contributed by atoms with Gasteiger partial charge in [-0.05, 0) is 37.1 Å². The lowest BCUT2D eigenvalue weighted by Crippen LogP contribution is -2.52. The predicted molar refractivity (Wildman–Crippen MR) is 123 cm³/mol. The van der Waals surface area contributed by atoms with E-state index in [1.54, 1.807) is 42.3 Å². The van der Waals surface area contributed by atoms with E-state index in [-0.39, 0.29) is 23.1 Å². The molecule has 2 aromatic rings. The lowest BCUT2D eigenvalue weighted by atomic mass is 9.64. The SMILES string of the molecule is CN1C(=O)[C@]2(C(C#N)=C(N)N(c3cc(Cl)cc(Cl)c3)C3=C2C(=O)CCC3)c2ccccc21. The molecule has 0 unspecified atom stereocenters. The molecule has 0 saturated carbocycles. The fraction of sp³-hybridized carbons (Fsp3) is 0.208. The summed E-state index contributed by atoms with van der Waals surface area (Å²) in [4.78, 5) is 30.4. The number of carbonyl (C=O) groups excluding carboxylic acids is 2. The molecule has 0 fully saturated rings. The Labute approximate surface area is 195 Å².